The molecule has 16 heavy (non-hydrogen) atoms. The number of methoxy groups -OCH3 is 1. The van der Waals surface area contributed by atoms with Gasteiger partial charge in [-0.1, -0.05) is 0 Å². The van der Waals surface area contributed by atoms with Gasteiger partial charge < -0.3 is 14.8 Å². The van der Waals surface area contributed by atoms with E-state index in [0.717, 1.165) is 32.5 Å². The van der Waals surface area contributed by atoms with E-state index in [4.69, 9.17) is 9.47 Å². The lowest BCUT2D eigenvalue weighted by atomic mass is 10.0. The third kappa shape index (κ3) is 5.83. The largest absolute Gasteiger partial charge is 0.379 e. The minimum absolute atomic E-state index is 0.00562. The average Bonchev–Trinajstić information content (AvgIpc) is 2.30. The smallest absolute Gasteiger partial charge is 0.0634 e. The van der Waals surface area contributed by atoms with Crippen molar-refractivity contribution in [3.63, 3.8) is 0 Å². The predicted molar refractivity (Wildman–Crippen MR) is 66.8 cm³/mol. The van der Waals surface area contributed by atoms with Gasteiger partial charge in [0.05, 0.1) is 11.7 Å². The lowest BCUT2D eigenvalue weighted by Crippen LogP contribution is -2.31. The molecule has 1 fully saturated rings. The van der Waals surface area contributed by atoms with Crippen LogP contribution in [0.2, 0.25) is 0 Å². The van der Waals surface area contributed by atoms with Crippen molar-refractivity contribution in [3.05, 3.63) is 0 Å². The number of rotatable bonds is 7. The van der Waals surface area contributed by atoms with Gasteiger partial charge in [-0.25, -0.2) is 0 Å². The van der Waals surface area contributed by atoms with Gasteiger partial charge >= 0.3 is 0 Å². The summed E-state index contributed by atoms with van der Waals surface area (Å²) in [6, 6.07) is 0. The third-order valence-electron chi connectivity index (χ3n) is 3.37. The quantitative estimate of drug-likeness (QED) is 0.680. The zero-order chi connectivity index (χ0) is 11.9. The van der Waals surface area contributed by atoms with Crippen LogP contribution in [-0.4, -0.2) is 38.5 Å². The van der Waals surface area contributed by atoms with E-state index in [2.05, 4.69) is 19.2 Å². The molecule has 1 aliphatic rings. The van der Waals surface area contributed by atoms with Gasteiger partial charge in [-0.05, 0) is 59.0 Å². The van der Waals surface area contributed by atoms with E-state index in [1.807, 2.05) is 0 Å². The molecule has 0 amide bonds. The second-order valence-corrected chi connectivity index (χ2v) is 5.24. The van der Waals surface area contributed by atoms with Crippen molar-refractivity contribution in [3.8, 4) is 0 Å². The van der Waals surface area contributed by atoms with E-state index in [1.54, 1.807) is 7.11 Å². The lowest BCUT2D eigenvalue weighted by Gasteiger charge is -2.24. The Morgan fingerprint density at radius 3 is 2.75 bits per heavy atom. The van der Waals surface area contributed by atoms with E-state index < -0.39 is 0 Å². The summed E-state index contributed by atoms with van der Waals surface area (Å²) in [6.45, 7) is 7.29. The normalized spacial score (nSPS) is 22.3. The van der Waals surface area contributed by atoms with Gasteiger partial charge in [0.1, 0.15) is 0 Å². The summed E-state index contributed by atoms with van der Waals surface area (Å²) in [5, 5.41) is 3.46. The molecule has 3 heteroatoms. The Balaban J connectivity index is 1.95. The highest BCUT2D eigenvalue weighted by Gasteiger charge is 2.16. The number of hydrogen-bond acceptors (Lipinski definition) is 3. The molecule has 0 aromatic rings. The Morgan fingerprint density at radius 1 is 1.31 bits per heavy atom. The maximum absolute atomic E-state index is 5.68. The molecule has 1 saturated heterocycles. The molecule has 1 unspecified atom stereocenters. The molecule has 1 atom stereocenters. The van der Waals surface area contributed by atoms with Crippen molar-refractivity contribution in [2.24, 2.45) is 0 Å². The van der Waals surface area contributed by atoms with Crippen molar-refractivity contribution in [1.82, 2.24) is 5.32 Å². The van der Waals surface area contributed by atoms with E-state index in [-0.39, 0.29) is 5.60 Å². The van der Waals surface area contributed by atoms with Crippen molar-refractivity contribution in [2.45, 2.75) is 57.7 Å². The molecule has 1 rings (SSSR count). The minimum atomic E-state index is -0.00562. The standard InChI is InChI=1S/C13H27NO2/c1-13(2,15-3)8-10-14-9-7-12-6-4-5-11-16-12/h12,14H,4-11H2,1-3H3. The van der Waals surface area contributed by atoms with Gasteiger partial charge in [-0.15, -0.1) is 0 Å². The number of hydrogen-bond donors (Lipinski definition) is 1. The molecule has 0 radical (unpaired) electrons. The van der Waals surface area contributed by atoms with Gasteiger partial charge in [0.2, 0.25) is 0 Å². The Morgan fingerprint density at radius 2 is 2.12 bits per heavy atom. The zero-order valence-electron chi connectivity index (χ0n) is 11.1. The molecule has 1 N–H and O–H groups in total. The van der Waals surface area contributed by atoms with Crippen molar-refractivity contribution < 1.29 is 9.47 Å². The van der Waals surface area contributed by atoms with Crippen LogP contribution in [-0.2, 0) is 9.47 Å². The summed E-state index contributed by atoms with van der Waals surface area (Å²) in [5.74, 6) is 0. The molecular formula is C13H27NO2. The first kappa shape index (κ1) is 13.9. The fourth-order valence-corrected chi connectivity index (χ4v) is 1.91. The van der Waals surface area contributed by atoms with E-state index >= 15 is 0 Å². The molecule has 0 saturated carbocycles. The SMILES string of the molecule is COC(C)(C)CCNCCC1CCCCO1. The Bertz CT molecular complexity index is 177. The van der Waals surface area contributed by atoms with Crippen LogP contribution in [0.1, 0.15) is 46.0 Å². The third-order valence-corrected chi connectivity index (χ3v) is 3.37. The van der Waals surface area contributed by atoms with Crippen LogP contribution in [0, 0.1) is 0 Å². The van der Waals surface area contributed by atoms with Gasteiger partial charge in [0, 0.05) is 13.7 Å². The topological polar surface area (TPSA) is 30.5 Å². The van der Waals surface area contributed by atoms with Crippen LogP contribution < -0.4 is 5.32 Å². The van der Waals surface area contributed by atoms with Gasteiger partial charge in [-0.2, -0.15) is 0 Å². The van der Waals surface area contributed by atoms with Gasteiger partial charge in [0.15, 0.2) is 0 Å². The molecular weight excluding hydrogens is 202 g/mol. The lowest BCUT2D eigenvalue weighted by molar-refractivity contribution is 0.00868. The predicted octanol–water partition coefficient (Wildman–Crippen LogP) is 2.35. The van der Waals surface area contributed by atoms with Crippen LogP contribution in [0.15, 0.2) is 0 Å². The molecule has 0 aromatic carbocycles. The monoisotopic (exact) mass is 229 g/mol. The molecule has 0 bridgehead atoms. The summed E-state index contributed by atoms with van der Waals surface area (Å²) in [7, 11) is 1.77. The minimum Gasteiger partial charge on any atom is -0.379 e. The molecule has 0 aromatic heterocycles. The average molecular weight is 229 g/mol. The molecule has 0 aliphatic carbocycles. The summed E-state index contributed by atoms with van der Waals surface area (Å²) in [5.41, 5.74) is -0.00562. The highest BCUT2D eigenvalue weighted by atomic mass is 16.5. The second-order valence-electron chi connectivity index (χ2n) is 5.24. The van der Waals surface area contributed by atoms with Crippen LogP contribution in [0.3, 0.4) is 0 Å². The van der Waals surface area contributed by atoms with Crippen molar-refractivity contribution >= 4 is 0 Å². The Kier molecular flexibility index (Phi) is 6.32. The molecule has 1 aliphatic heterocycles. The van der Waals surface area contributed by atoms with Crippen LogP contribution in [0.5, 0.6) is 0 Å². The molecule has 0 spiro atoms. The Hall–Kier alpha value is -0.120. The first-order valence-electron chi connectivity index (χ1n) is 6.51. The summed E-state index contributed by atoms with van der Waals surface area (Å²) in [6.07, 6.45) is 6.51. The fourth-order valence-electron chi connectivity index (χ4n) is 1.91. The van der Waals surface area contributed by atoms with Crippen LogP contribution in [0.25, 0.3) is 0 Å². The zero-order valence-corrected chi connectivity index (χ0v) is 11.1. The first-order valence-corrected chi connectivity index (χ1v) is 6.51. The van der Waals surface area contributed by atoms with E-state index in [9.17, 15) is 0 Å². The van der Waals surface area contributed by atoms with Crippen LogP contribution in [0.4, 0.5) is 0 Å². The first-order chi connectivity index (χ1) is 7.64. The molecule has 3 nitrogen and oxygen atoms in total. The van der Waals surface area contributed by atoms with Crippen molar-refractivity contribution in [1.29, 1.82) is 0 Å². The van der Waals surface area contributed by atoms with E-state index in [0.29, 0.717) is 6.10 Å². The highest BCUT2D eigenvalue weighted by molar-refractivity contribution is 4.70. The van der Waals surface area contributed by atoms with Gasteiger partial charge in [-0.3, -0.25) is 0 Å². The fraction of sp³-hybridized carbons (Fsp3) is 1.00. The molecule has 96 valence electrons. The van der Waals surface area contributed by atoms with Gasteiger partial charge in [0.25, 0.3) is 0 Å². The summed E-state index contributed by atoms with van der Waals surface area (Å²) in [4.78, 5) is 0. The summed E-state index contributed by atoms with van der Waals surface area (Å²) >= 11 is 0. The second kappa shape index (κ2) is 7.25. The molecule has 1 heterocycles. The maximum atomic E-state index is 5.68. The van der Waals surface area contributed by atoms with Crippen molar-refractivity contribution in [2.75, 3.05) is 26.8 Å². The maximum Gasteiger partial charge on any atom is 0.0634 e. The Labute approximate surface area is 99.9 Å². The van der Waals surface area contributed by atoms with Crippen LogP contribution >= 0.6 is 0 Å². The number of nitrogens with one attached hydrogen (secondary N) is 1. The number of ether oxygens (including phenoxy) is 2. The summed E-state index contributed by atoms with van der Waals surface area (Å²) < 4.78 is 11.1. The van der Waals surface area contributed by atoms with E-state index in [1.165, 1.54) is 19.3 Å². The highest BCUT2D eigenvalue weighted by Crippen LogP contribution is 2.15.